The van der Waals surface area contributed by atoms with Gasteiger partial charge in [0.15, 0.2) is 0 Å². The van der Waals surface area contributed by atoms with E-state index in [1.54, 1.807) is 4.90 Å². The Kier molecular flexibility index (Phi) is 11.6. The van der Waals surface area contributed by atoms with Gasteiger partial charge in [-0.1, -0.05) is 34.6 Å². The van der Waals surface area contributed by atoms with Crippen molar-refractivity contribution in [2.75, 3.05) is 52.9 Å². The number of likely N-dealkylation sites (N-methyl/N-ethyl adjacent to an activating group) is 2. The smallest absolute Gasteiger partial charge is 0.224 e. The van der Waals surface area contributed by atoms with Crippen LogP contribution in [0.4, 0.5) is 0 Å². The zero-order valence-electron chi connectivity index (χ0n) is 14.8. The van der Waals surface area contributed by atoms with E-state index in [1.165, 1.54) is 0 Å². The van der Waals surface area contributed by atoms with Crippen molar-refractivity contribution >= 4 is 5.91 Å². The molecule has 21 heavy (non-hydrogen) atoms. The Balaban J connectivity index is 0.00000191. The molecule has 0 aromatic heterocycles. The van der Waals surface area contributed by atoms with E-state index in [2.05, 4.69) is 17.1 Å². The minimum absolute atomic E-state index is 0.0541. The van der Waals surface area contributed by atoms with Gasteiger partial charge >= 0.3 is 0 Å². The van der Waals surface area contributed by atoms with Crippen molar-refractivity contribution in [1.29, 1.82) is 0 Å². The molecule has 0 radical (unpaired) electrons. The number of hydrogen-bond acceptors (Lipinski definition) is 4. The van der Waals surface area contributed by atoms with Crippen molar-refractivity contribution in [3.63, 3.8) is 0 Å². The summed E-state index contributed by atoms with van der Waals surface area (Å²) in [5.74, 6) is 0.242. The van der Waals surface area contributed by atoms with Gasteiger partial charge in [0.25, 0.3) is 0 Å². The fourth-order valence-corrected chi connectivity index (χ4v) is 2.34. The van der Waals surface area contributed by atoms with Crippen LogP contribution in [0, 0.1) is 5.92 Å². The Morgan fingerprint density at radius 3 is 2.67 bits per heavy atom. The maximum atomic E-state index is 11.9. The number of carbonyl (C=O) groups excluding carboxylic acids is 1. The number of hydrogen-bond donors (Lipinski definition) is 1. The van der Waals surface area contributed by atoms with E-state index >= 15 is 0 Å². The van der Waals surface area contributed by atoms with Gasteiger partial charge in [0, 0.05) is 45.7 Å². The van der Waals surface area contributed by atoms with E-state index in [0.29, 0.717) is 6.54 Å². The summed E-state index contributed by atoms with van der Waals surface area (Å²) >= 11 is 0. The molecular weight excluding hydrogens is 266 g/mol. The maximum Gasteiger partial charge on any atom is 0.224 e. The predicted molar refractivity (Wildman–Crippen MR) is 88.5 cm³/mol. The zero-order valence-corrected chi connectivity index (χ0v) is 14.8. The van der Waals surface area contributed by atoms with Gasteiger partial charge in [-0.05, 0) is 6.54 Å². The number of rotatable bonds is 7. The van der Waals surface area contributed by atoms with E-state index in [1.807, 2.05) is 34.7 Å². The summed E-state index contributed by atoms with van der Waals surface area (Å²) in [7, 11) is 1.86. The van der Waals surface area contributed by atoms with Gasteiger partial charge in [-0.3, -0.25) is 9.69 Å². The third-order valence-corrected chi connectivity index (χ3v) is 3.43. The average Bonchev–Trinajstić information content (AvgIpc) is 2.49. The minimum atomic E-state index is 0.0541. The van der Waals surface area contributed by atoms with E-state index in [0.717, 1.165) is 39.3 Å². The normalized spacial score (nSPS) is 19.1. The maximum absolute atomic E-state index is 11.9. The molecule has 0 bridgehead atoms. The summed E-state index contributed by atoms with van der Waals surface area (Å²) in [5, 5.41) is 3.34. The van der Waals surface area contributed by atoms with Crippen LogP contribution in [0.3, 0.4) is 0 Å². The molecule has 1 saturated heterocycles. The fourth-order valence-electron chi connectivity index (χ4n) is 2.34. The molecule has 5 nitrogen and oxygen atoms in total. The molecule has 0 aromatic rings. The van der Waals surface area contributed by atoms with Gasteiger partial charge < -0.3 is 15.0 Å². The predicted octanol–water partition coefficient (Wildman–Crippen LogP) is 1.44. The number of nitrogens with one attached hydrogen (secondary N) is 1. The van der Waals surface area contributed by atoms with Gasteiger partial charge in [-0.15, -0.1) is 0 Å². The van der Waals surface area contributed by atoms with Crippen LogP contribution in [-0.2, 0) is 9.53 Å². The second kappa shape index (κ2) is 12.0. The summed E-state index contributed by atoms with van der Waals surface area (Å²) in [6.07, 6.45) is 0.142. The van der Waals surface area contributed by atoms with Crippen LogP contribution in [0.25, 0.3) is 0 Å². The van der Waals surface area contributed by atoms with Gasteiger partial charge in [0.2, 0.25) is 5.91 Å². The minimum Gasteiger partial charge on any atom is -0.374 e. The molecule has 0 spiro atoms. The topological polar surface area (TPSA) is 44.8 Å². The number of ether oxygens (including phenoxy) is 1. The Bertz CT molecular complexity index is 272. The number of carbonyl (C=O) groups is 1. The molecule has 126 valence electrons. The molecule has 1 aliphatic heterocycles. The van der Waals surface area contributed by atoms with Gasteiger partial charge in [-0.2, -0.15) is 0 Å². The molecule has 1 fully saturated rings. The van der Waals surface area contributed by atoms with Crippen LogP contribution in [0.1, 0.15) is 34.6 Å². The molecule has 1 atom stereocenters. The largest absolute Gasteiger partial charge is 0.374 e. The van der Waals surface area contributed by atoms with Crippen LogP contribution < -0.4 is 5.32 Å². The van der Waals surface area contributed by atoms with Crippen molar-refractivity contribution in [2.45, 2.75) is 40.7 Å². The molecule has 0 aliphatic carbocycles. The Hall–Kier alpha value is -0.650. The lowest BCUT2D eigenvalue weighted by atomic mass is 10.2. The van der Waals surface area contributed by atoms with Gasteiger partial charge in [0.05, 0.1) is 12.7 Å². The molecule has 1 N–H and O–H groups in total. The third kappa shape index (κ3) is 8.39. The van der Waals surface area contributed by atoms with Crippen molar-refractivity contribution in [2.24, 2.45) is 5.92 Å². The van der Waals surface area contributed by atoms with Crippen LogP contribution in [0.5, 0.6) is 0 Å². The summed E-state index contributed by atoms with van der Waals surface area (Å²) < 4.78 is 5.76. The lowest BCUT2D eigenvalue weighted by Gasteiger charge is -2.35. The molecule has 5 heteroatoms. The molecule has 1 rings (SSSR count). The highest BCUT2D eigenvalue weighted by Crippen LogP contribution is 2.08. The van der Waals surface area contributed by atoms with Crippen LogP contribution >= 0.6 is 0 Å². The first-order valence-corrected chi connectivity index (χ1v) is 8.34. The van der Waals surface area contributed by atoms with Crippen molar-refractivity contribution in [1.82, 2.24) is 15.1 Å². The molecular formula is C16H35N3O2. The van der Waals surface area contributed by atoms with Crippen LogP contribution in [0.15, 0.2) is 0 Å². The first-order chi connectivity index (χ1) is 10.0. The number of morpholine rings is 1. The highest BCUT2D eigenvalue weighted by Gasteiger charge is 2.23. The average molecular weight is 301 g/mol. The van der Waals surface area contributed by atoms with E-state index in [-0.39, 0.29) is 17.9 Å². The number of amides is 1. The first kappa shape index (κ1) is 20.3. The Morgan fingerprint density at radius 1 is 1.43 bits per heavy atom. The standard InChI is InChI=1S/C14H29N3O2.C2H6/c1-5-15-6-7-17-8-9-19-13(11-17)10-16(4)14(18)12(2)3;1-2/h12-13,15H,5-11H2,1-4H3;1-2H3. The second-order valence-corrected chi connectivity index (χ2v) is 5.52. The summed E-state index contributed by atoms with van der Waals surface area (Å²) in [4.78, 5) is 16.1. The SMILES string of the molecule is CC.CCNCCN1CCOC(CN(C)C(=O)C(C)C)C1. The second-order valence-electron chi connectivity index (χ2n) is 5.52. The lowest BCUT2D eigenvalue weighted by molar-refractivity contribution is -0.136. The summed E-state index contributed by atoms with van der Waals surface area (Å²) in [6.45, 7) is 16.4. The fraction of sp³-hybridized carbons (Fsp3) is 0.938. The summed E-state index contributed by atoms with van der Waals surface area (Å²) in [5.41, 5.74) is 0. The van der Waals surface area contributed by atoms with Gasteiger partial charge in [-0.25, -0.2) is 0 Å². The monoisotopic (exact) mass is 301 g/mol. The Labute approximate surface area is 131 Å². The molecule has 1 heterocycles. The highest BCUT2D eigenvalue weighted by atomic mass is 16.5. The van der Waals surface area contributed by atoms with E-state index in [9.17, 15) is 4.79 Å². The summed E-state index contributed by atoms with van der Waals surface area (Å²) in [6, 6.07) is 0. The number of nitrogens with zero attached hydrogens (tertiary/aromatic N) is 2. The molecule has 1 aliphatic rings. The van der Waals surface area contributed by atoms with Crippen molar-refractivity contribution in [3.05, 3.63) is 0 Å². The lowest BCUT2D eigenvalue weighted by Crippen LogP contribution is -2.49. The van der Waals surface area contributed by atoms with E-state index < -0.39 is 0 Å². The third-order valence-electron chi connectivity index (χ3n) is 3.43. The molecule has 0 saturated carbocycles. The van der Waals surface area contributed by atoms with Crippen molar-refractivity contribution < 1.29 is 9.53 Å². The highest BCUT2D eigenvalue weighted by molar-refractivity contribution is 5.77. The van der Waals surface area contributed by atoms with Crippen LogP contribution in [-0.4, -0.2) is 74.7 Å². The van der Waals surface area contributed by atoms with Crippen molar-refractivity contribution in [3.8, 4) is 0 Å². The molecule has 1 amide bonds. The van der Waals surface area contributed by atoms with Gasteiger partial charge in [0.1, 0.15) is 0 Å². The van der Waals surface area contributed by atoms with E-state index in [4.69, 9.17) is 4.74 Å². The molecule has 0 aromatic carbocycles. The Morgan fingerprint density at radius 2 is 2.10 bits per heavy atom. The zero-order chi connectivity index (χ0) is 16.3. The quantitative estimate of drug-likeness (QED) is 0.723. The van der Waals surface area contributed by atoms with Crippen LogP contribution in [0.2, 0.25) is 0 Å². The first-order valence-electron chi connectivity index (χ1n) is 8.34. The molecule has 1 unspecified atom stereocenters.